The molecule has 2 aromatic rings. The fraction of sp³-hybridized carbons (Fsp3) is 0.222. The predicted molar refractivity (Wildman–Crippen MR) is 90.4 cm³/mol. The summed E-state index contributed by atoms with van der Waals surface area (Å²) in [4.78, 5) is 22.9. The van der Waals surface area contributed by atoms with Gasteiger partial charge in [0.15, 0.2) is 11.6 Å². The van der Waals surface area contributed by atoms with Crippen molar-refractivity contribution in [3.63, 3.8) is 0 Å². The first kappa shape index (κ1) is 16.7. The van der Waals surface area contributed by atoms with E-state index in [0.29, 0.717) is 11.1 Å². The van der Waals surface area contributed by atoms with E-state index >= 15 is 0 Å². The Bertz CT molecular complexity index is 586. The van der Waals surface area contributed by atoms with Crippen LogP contribution >= 0.6 is 23.2 Å². The van der Waals surface area contributed by atoms with Crippen molar-refractivity contribution in [2.45, 2.75) is 12.8 Å². The third-order valence-electron chi connectivity index (χ3n) is 3.50. The Labute approximate surface area is 140 Å². The largest absolute Gasteiger partial charge is 0.293 e. The molecule has 0 amide bonds. The number of halogens is 2. The summed E-state index contributed by atoms with van der Waals surface area (Å²) in [5.41, 5.74) is 3.60. The van der Waals surface area contributed by atoms with Gasteiger partial charge in [0.05, 0.1) is 11.8 Å². The van der Waals surface area contributed by atoms with Crippen LogP contribution in [0.25, 0.3) is 0 Å². The number of hydrogen-bond donors (Lipinski definition) is 0. The van der Waals surface area contributed by atoms with Crippen molar-refractivity contribution in [2.75, 3.05) is 11.8 Å². The quantitative estimate of drug-likeness (QED) is 0.558. The van der Waals surface area contributed by atoms with Gasteiger partial charge in [-0.15, -0.1) is 23.2 Å². The van der Waals surface area contributed by atoms with Crippen molar-refractivity contribution in [2.24, 2.45) is 0 Å². The number of benzene rings is 2. The third-order valence-corrected chi connectivity index (χ3v) is 3.98. The smallest absolute Gasteiger partial charge is 0.177 e. The van der Waals surface area contributed by atoms with Gasteiger partial charge in [-0.1, -0.05) is 48.5 Å². The van der Waals surface area contributed by atoms with Crippen molar-refractivity contribution < 1.29 is 9.59 Å². The molecule has 4 heteroatoms. The number of carbonyl (C=O) groups excluding carboxylic acids is 2. The topological polar surface area (TPSA) is 34.1 Å². The van der Waals surface area contributed by atoms with Gasteiger partial charge >= 0.3 is 0 Å². The summed E-state index contributed by atoms with van der Waals surface area (Å²) in [5, 5.41) is 0. The van der Waals surface area contributed by atoms with Gasteiger partial charge in [0.25, 0.3) is 0 Å². The third kappa shape index (κ3) is 4.43. The van der Waals surface area contributed by atoms with Crippen LogP contribution in [0.5, 0.6) is 0 Å². The molecule has 0 spiro atoms. The highest BCUT2D eigenvalue weighted by molar-refractivity contribution is 6.30. The molecule has 0 radical (unpaired) electrons. The molecule has 0 aliphatic carbocycles. The maximum atomic E-state index is 11.4. The summed E-state index contributed by atoms with van der Waals surface area (Å²) in [6.45, 7) is 0. The minimum absolute atomic E-state index is 0.00666. The molecular weight excluding hydrogens is 319 g/mol. The summed E-state index contributed by atoms with van der Waals surface area (Å²) >= 11 is 11.1. The van der Waals surface area contributed by atoms with E-state index < -0.39 is 0 Å². The Morgan fingerprint density at radius 2 is 0.955 bits per heavy atom. The second-order valence-corrected chi connectivity index (χ2v) is 5.54. The summed E-state index contributed by atoms with van der Waals surface area (Å²) < 4.78 is 0. The molecular formula is C18H16Cl2O2. The first-order valence-corrected chi connectivity index (χ1v) is 8.07. The molecule has 2 nitrogen and oxygen atoms in total. The number of rotatable bonds is 7. The lowest BCUT2D eigenvalue weighted by atomic mass is 10.0. The summed E-state index contributed by atoms with van der Waals surface area (Å²) in [7, 11) is 0. The van der Waals surface area contributed by atoms with Crippen LogP contribution in [0.1, 0.15) is 31.8 Å². The van der Waals surface area contributed by atoms with Crippen LogP contribution in [0, 0.1) is 0 Å². The van der Waals surface area contributed by atoms with Gasteiger partial charge < -0.3 is 0 Å². The van der Waals surface area contributed by atoms with Gasteiger partial charge in [-0.3, -0.25) is 9.59 Å². The monoisotopic (exact) mass is 334 g/mol. The normalized spacial score (nSPS) is 10.5. The van der Waals surface area contributed by atoms with Crippen LogP contribution in [-0.2, 0) is 12.8 Å². The fourth-order valence-corrected chi connectivity index (χ4v) is 2.47. The molecule has 0 N–H and O–H groups in total. The number of Topliss-reactive ketones (excluding diaryl/α,β-unsaturated/α-hetero) is 2. The summed E-state index contributed by atoms with van der Waals surface area (Å²) in [5.74, 6) is -0.111. The van der Waals surface area contributed by atoms with Crippen LogP contribution < -0.4 is 0 Å². The highest BCUT2D eigenvalue weighted by Gasteiger charge is 2.05. The summed E-state index contributed by atoms with van der Waals surface area (Å²) in [6.07, 6.45) is 1.75. The SMILES string of the molecule is O=C(CCl)c1ccc(CCc2ccc(C(=O)CCl)cc2)cc1. The lowest BCUT2D eigenvalue weighted by molar-refractivity contribution is 0.101. The maximum absolute atomic E-state index is 11.4. The number of carbonyl (C=O) groups is 2. The average Bonchev–Trinajstić information content (AvgIpc) is 2.59. The van der Waals surface area contributed by atoms with Crippen LogP contribution in [-0.4, -0.2) is 23.3 Å². The predicted octanol–water partition coefficient (Wildman–Crippen LogP) is 4.31. The Kier molecular flexibility index (Phi) is 6.17. The molecule has 0 bridgehead atoms. The average molecular weight is 335 g/mol. The molecule has 0 aliphatic rings. The lowest BCUT2D eigenvalue weighted by Gasteiger charge is -2.05. The van der Waals surface area contributed by atoms with Crippen molar-refractivity contribution in [1.29, 1.82) is 0 Å². The van der Waals surface area contributed by atoms with E-state index in [-0.39, 0.29) is 23.3 Å². The van der Waals surface area contributed by atoms with Crippen LogP contribution in [0.15, 0.2) is 48.5 Å². The van der Waals surface area contributed by atoms with Crippen LogP contribution in [0.2, 0.25) is 0 Å². The zero-order chi connectivity index (χ0) is 15.9. The van der Waals surface area contributed by atoms with E-state index in [1.165, 1.54) is 0 Å². The Morgan fingerprint density at radius 1 is 0.636 bits per heavy atom. The molecule has 0 saturated carbocycles. The maximum Gasteiger partial charge on any atom is 0.177 e. The van der Waals surface area contributed by atoms with Gasteiger partial charge in [-0.25, -0.2) is 0 Å². The standard InChI is InChI=1S/C18H16Cl2O2/c19-11-17(21)15-7-3-13(4-8-15)1-2-14-5-9-16(10-6-14)18(22)12-20/h3-10H,1-2,11-12H2. The molecule has 2 aromatic carbocycles. The Balaban J connectivity index is 1.95. The molecule has 0 unspecified atom stereocenters. The summed E-state index contributed by atoms with van der Waals surface area (Å²) in [6, 6.07) is 15.0. The Morgan fingerprint density at radius 3 is 1.23 bits per heavy atom. The zero-order valence-electron chi connectivity index (χ0n) is 12.0. The van der Waals surface area contributed by atoms with Crippen molar-refractivity contribution in [3.8, 4) is 0 Å². The van der Waals surface area contributed by atoms with E-state index in [1.807, 2.05) is 48.5 Å². The lowest BCUT2D eigenvalue weighted by Crippen LogP contribution is -2.01. The number of aryl methyl sites for hydroxylation is 2. The van der Waals surface area contributed by atoms with Crippen LogP contribution in [0.4, 0.5) is 0 Å². The zero-order valence-corrected chi connectivity index (χ0v) is 13.5. The van der Waals surface area contributed by atoms with Gasteiger partial charge in [0.1, 0.15) is 0 Å². The molecule has 0 atom stereocenters. The molecule has 0 heterocycles. The first-order valence-electron chi connectivity index (χ1n) is 7.00. The highest BCUT2D eigenvalue weighted by Crippen LogP contribution is 2.12. The van der Waals surface area contributed by atoms with E-state index in [2.05, 4.69) is 0 Å². The molecule has 114 valence electrons. The number of ketones is 2. The van der Waals surface area contributed by atoms with Crippen molar-refractivity contribution in [3.05, 3.63) is 70.8 Å². The molecule has 0 fully saturated rings. The first-order chi connectivity index (χ1) is 10.6. The van der Waals surface area contributed by atoms with Gasteiger partial charge in [-0.05, 0) is 24.0 Å². The van der Waals surface area contributed by atoms with E-state index in [0.717, 1.165) is 24.0 Å². The molecule has 0 aliphatic heterocycles. The second kappa shape index (κ2) is 8.11. The minimum atomic E-state index is -0.0623. The van der Waals surface area contributed by atoms with E-state index in [1.54, 1.807) is 0 Å². The fourth-order valence-electron chi connectivity index (χ4n) is 2.16. The van der Waals surface area contributed by atoms with Crippen molar-refractivity contribution >= 4 is 34.8 Å². The second-order valence-electron chi connectivity index (χ2n) is 5.01. The van der Waals surface area contributed by atoms with Crippen molar-refractivity contribution in [1.82, 2.24) is 0 Å². The van der Waals surface area contributed by atoms with Gasteiger partial charge in [0, 0.05) is 11.1 Å². The van der Waals surface area contributed by atoms with Gasteiger partial charge in [0.2, 0.25) is 0 Å². The molecule has 0 saturated heterocycles. The van der Waals surface area contributed by atoms with E-state index in [9.17, 15) is 9.59 Å². The van der Waals surface area contributed by atoms with Crippen LogP contribution in [0.3, 0.4) is 0 Å². The highest BCUT2D eigenvalue weighted by atomic mass is 35.5. The molecule has 22 heavy (non-hydrogen) atoms. The van der Waals surface area contributed by atoms with Gasteiger partial charge in [-0.2, -0.15) is 0 Å². The number of alkyl halides is 2. The molecule has 2 rings (SSSR count). The Hall–Kier alpha value is -1.64. The molecule has 0 aromatic heterocycles. The van der Waals surface area contributed by atoms with E-state index in [4.69, 9.17) is 23.2 Å². The minimum Gasteiger partial charge on any atom is -0.293 e. The number of hydrogen-bond acceptors (Lipinski definition) is 2.